The molecule has 0 spiro atoms. The minimum Gasteiger partial charge on any atom is -0.463 e. The number of hydrogen-bond acceptors (Lipinski definition) is 3. The summed E-state index contributed by atoms with van der Waals surface area (Å²) in [7, 11) is 1.22. The van der Waals surface area contributed by atoms with E-state index >= 15 is 0 Å². The molecule has 0 fully saturated rings. The third-order valence-electron chi connectivity index (χ3n) is 2.75. The van der Waals surface area contributed by atoms with E-state index in [4.69, 9.17) is 11.6 Å². The maximum atomic E-state index is 11.2. The van der Waals surface area contributed by atoms with Gasteiger partial charge in [-0.3, -0.25) is 4.79 Å². The van der Waals surface area contributed by atoms with Crippen molar-refractivity contribution >= 4 is 23.4 Å². The van der Waals surface area contributed by atoms with Crippen molar-refractivity contribution in [1.82, 2.24) is 0 Å². The van der Waals surface area contributed by atoms with Crippen molar-refractivity contribution in [3.63, 3.8) is 0 Å². The molecule has 18 heavy (non-hydrogen) atoms. The number of rotatable bonds is 6. The molecular formula is C14H17ClO3. The van der Waals surface area contributed by atoms with Gasteiger partial charge in [-0.05, 0) is 43.4 Å². The first-order valence-corrected chi connectivity index (χ1v) is 6.28. The Labute approximate surface area is 112 Å². The Bertz CT molecular complexity index is 441. The lowest BCUT2D eigenvalue weighted by atomic mass is 10.0. The summed E-state index contributed by atoms with van der Waals surface area (Å²) in [6.45, 7) is 1.96. The van der Waals surface area contributed by atoms with E-state index in [0.717, 1.165) is 23.4 Å². The predicted molar refractivity (Wildman–Crippen MR) is 70.8 cm³/mol. The molecule has 0 aliphatic carbocycles. The minimum absolute atomic E-state index is 0.249. The molecule has 0 heterocycles. The van der Waals surface area contributed by atoms with Gasteiger partial charge in [-0.2, -0.15) is 0 Å². The van der Waals surface area contributed by atoms with Crippen LogP contribution in [-0.4, -0.2) is 18.9 Å². The van der Waals surface area contributed by atoms with Gasteiger partial charge in [0.05, 0.1) is 7.11 Å². The van der Waals surface area contributed by atoms with Crippen molar-refractivity contribution in [2.24, 2.45) is 0 Å². The van der Waals surface area contributed by atoms with Crippen LogP contribution in [0, 0.1) is 6.92 Å². The van der Waals surface area contributed by atoms with Crippen LogP contribution in [0.1, 0.15) is 30.4 Å². The smallest absolute Gasteiger partial charge is 0.374 e. The van der Waals surface area contributed by atoms with Gasteiger partial charge in [0.15, 0.2) is 0 Å². The highest BCUT2D eigenvalue weighted by Crippen LogP contribution is 2.17. The minimum atomic E-state index is -0.752. The Morgan fingerprint density at radius 3 is 2.61 bits per heavy atom. The number of benzene rings is 1. The number of carbonyl (C=O) groups excluding carboxylic acids is 2. The van der Waals surface area contributed by atoms with E-state index in [9.17, 15) is 9.59 Å². The van der Waals surface area contributed by atoms with Crippen molar-refractivity contribution in [1.29, 1.82) is 0 Å². The number of carbonyl (C=O) groups is 2. The van der Waals surface area contributed by atoms with Gasteiger partial charge >= 0.3 is 5.97 Å². The molecule has 0 bridgehead atoms. The maximum Gasteiger partial charge on any atom is 0.374 e. The monoisotopic (exact) mass is 268 g/mol. The Kier molecular flexibility index (Phi) is 5.86. The highest BCUT2D eigenvalue weighted by molar-refractivity contribution is 6.33. The molecule has 0 N–H and O–H groups in total. The number of halogens is 1. The summed E-state index contributed by atoms with van der Waals surface area (Å²) in [5.74, 6) is -1.21. The van der Waals surface area contributed by atoms with Crippen molar-refractivity contribution in [3.8, 4) is 0 Å². The summed E-state index contributed by atoms with van der Waals surface area (Å²) in [6, 6.07) is 5.91. The zero-order chi connectivity index (χ0) is 13.5. The van der Waals surface area contributed by atoms with Gasteiger partial charge in [-0.25, -0.2) is 4.79 Å². The maximum absolute atomic E-state index is 11.2. The van der Waals surface area contributed by atoms with Gasteiger partial charge in [0.2, 0.25) is 5.78 Å². The topological polar surface area (TPSA) is 43.4 Å². The Morgan fingerprint density at radius 1 is 1.28 bits per heavy atom. The largest absolute Gasteiger partial charge is 0.463 e. The van der Waals surface area contributed by atoms with Gasteiger partial charge in [0, 0.05) is 11.4 Å². The molecule has 0 aliphatic rings. The fraction of sp³-hybridized carbons (Fsp3) is 0.429. The van der Waals surface area contributed by atoms with E-state index in [2.05, 4.69) is 4.74 Å². The Balaban J connectivity index is 2.32. The molecule has 3 nitrogen and oxygen atoms in total. The lowest BCUT2D eigenvalue weighted by molar-refractivity contribution is -0.151. The highest BCUT2D eigenvalue weighted by atomic mass is 35.5. The molecule has 1 aromatic carbocycles. The number of ketones is 1. The zero-order valence-electron chi connectivity index (χ0n) is 10.7. The molecule has 0 unspecified atom stereocenters. The molecule has 0 aromatic heterocycles. The summed E-state index contributed by atoms with van der Waals surface area (Å²) >= 11 is 5.94. The normalized spacial score (nSPS) is 10.2. The number of ether oxygens (including phenoxy) is 1. The molecule has 1 aromatic rings. The molecule has 0 saturated heterocycles. The first-order chi connectivity index (χ1) is 8.54. The summed E-state index contributed by atoms with van der Waals surface area (Å²) in [6.07, 6.45) is 2.69. The first-order valence-electron chi connectivity index (χ1n) is 5.90. The molecule has 0 atom stereocenters. The van der Waals surface area contributed by atoms with Crippen LogP contribution >= 0.6 is 11.6 Å². The number of hydrogen-bond donors (Lipinski definition) is 0. The summed E-state index contributed by atoms with van der Waals surface area (Å²) in [5.41, 5.74) is 2.25. The lowest BCUT2D eigenvalue weighted by Crippen LogP contribution is -2.14. The van der Waals surface area contributed by atoms with Gasteiger partial charge in [-0.1, -0.05) is 23.7 Å². The molecule has 0 aliphatic heterocycles. The number of aryl methyl sites for hydroxylation is 2. The average Bonchev–Trinajstić information content (AvgIpc) is 2.37. The first kappa shape index (κ1) is 14.7. The lowest BCUT2D eigenvalue weighted by Gasteiger charge is -2.04. The molecule has 0 saturated carbocycles. The van der Waals surface area contributed by atoms with Gasteiger partial charge < -0.3 is 4.74 Å². The third-order valence-corrected chi connectivity index (χ3v) is 3.18. The van der Waals surface area contributed by atoms with E-state index in [1.807, 2.05) is 25.1 Å². The fourth-order valence-corrected chi connectivity index (χ4v) is 1.81. The number of Topliss-reactive ketones (excluding diaryl/α,β-unsaturated/α-hetero) is 1. The zero-order valence-corrected chi connectivity index (χ0v) is 11.4. The van der Waals surface area contributed by atoms with Crippen LogP contribution in [0.25, 0.3) is 0 Å². The van der Waals surface area contributed by atoms with Crippen molar-refractivity contribution in [2.45, 2.75) is 32.6 Å². The average molecular weight is 269 g/mol. The Morgan fingerprint density at radius 2 is 2.00 bits per heavy atom. The summed E-state index contributed by atoms with van der Waals surface area (Å²) in [5, 5.41) is 0.764. The third kappa shape index (κ3) is 4.49. The highest BCUT2D eigenvalue weighted by Gasteiger charge is 2.12. The molecule has 98 valence electrons. The van der Waals surface area contributed by atoms with E-state index in [0.29, 0.717) is 6.42 Å². The van der Waals surface area contributed by atoms with E-state index in [1.165, 1.54) is 12.7 Å². The standard InChI is InChI=1S/C14H17ClO3/c1-10-9-11(7-8-12(10)15)5-3-4-6-13(16)14(17)18-2/h7-9H,3-6H2,1-2H3. The van der Waals surface area contributed by atoms with E-state index in [-0.39, 0.29) is 6.42 Å². The number of methoxy groups -OCH3 is 1. The van der Waals surface area contributed by atoms with Gasteiger partial charge in [0.1, 0.15) is 0 Å². The SMILES string of the molecule is COC(=O)C(=O)CCCCc1ccc(Cl)c(C)c1. The van der Waals surface area contributed by atoms with Crippen LogP contribution in [0.4, 0.5) is 0 Å². The van der Waals surface area contributed by atoms with Crippen LogP contribution in [0.3, 0.4) is 0 Å². The van der Waals surface area contributed by atoms with Crippen LogP contribution in [0.2, 0.25) is 5.02 Å². The van der Waals surface area contributed by atoms with Crippen molar-refractivity contribution in [2.75, 3.05) is 7.11 Å². The van der Waals surface area contributed by atoms with Crippen LogP contribution in [-0.2, 0) is 20.7 Å². The molecule has 0 amide bonds. The molecule has 4 heteroatoms. The summed E-state index contributed by atoms with van der Waals surface area (Å²) in [4.78, 5) is 22.1. The fourth-order valence-electron chi connectivity index (χ4n) is 1.69. The van der Waals surface area contributed by atoms with E-state index in [1.54, 1.807) is 0 Å². The second kappa shape index (κ2) is 7.17. The van der Waals surface area contributed by atoms with Crippen LogP contribution in [0.5, 0.6) is 0 Å². The molecular weight excluding hydrogens is 252 g/mol. The second-order valence-electron chi connectivity index (χ2n) is 4.21. The molecule has 0 radical (unpaired) electrons. The van der Waals surface area contributed by atoms with Crippen LogP contribution < -0.4 is 0 Å². The number of esters is 1. The predicted octanol–water partition coefficient (Wildman–Crippen LogP) is 3.10. The van der Waals surface area contributed by atoms with Crippen LogP contribution in [0.15, 0.2) is 18.2 Å². The van der Waals surface area contributed by atoms with Crippen molar-refractivity contribution < 1.29 is 14.3 Å². The summed E-state index contributed by atoms with van der Waals surface area (Å²) < 4.78 is 4.35. The second-order valence-corrected chi connectivity index (χ2v) is 4.61. The Hall–Kier alpha value is -1.35. The van der Waals surface area contributed by atoms with E-state index < -0.39 is 11.8 Å². The van der Waals surface area contributed by atoms with Gasteiger partial charge in [-0.15, -0.1) is 0 Å². The van der Waals surface area contributed by atoms with Gasteiger partial charge in [0.25, 0.3) is 0 Å². The van der Waals surface area contributed by atoms with Crippen molar-refractivity contribution in [3.05, 3.63) is 34.3 Å². The number of unbranched alkanes of at least 4 members (excludes halogenated alkanes) is 1. The molecule has 1 rings (SSSR count). The quantitative estimate of drug-likeness (QED) is 0.452.